The van der Waals surface area contributed by atoms with Gasteiger partial charge in [0.15, 0.2) is 0 Å². The molecule has 1 unspecified atom stereocenters. The fourth-order valence-corrected chi connectivity index (χ4v) is 3.96. The van der Waals surface area contributed by atoms with E-state index in [1.165, 1.54) is 36.9 Å². The molecule has 1 aliphatic carbocycles. The van der Waals surface area contributed by atoms with Crippen LogP contribution in [-0.2, 0) is 5.41 Å². The topological polar surface area (TPSA) is 38.0 Å². The highest BCUT2D eigenvalue weighted by atomic mass is 14.9. The van der Waals surface area contributed by atoms with Gasteiger partial charge < -0.3 is 11.1 Å². The first-order valence-corrected chi connectivity index (χ1v) is 8.64. The summed E-state index contributed by atoms with van der Waals surface area (Å²) in [5.41, 5.74) is 11.1. The third-order valence-corrected chi connectivity index (χ3v) is 5.91. The fourth-order valence-electron chi connectivity index (χ4n) is 3.96. The molecule has 0 aliphatic heterocycles. The van der Waals surface area contributed by atoms with Gasteiger partial charge in [0, 0.05) is 17.1 Å². The van der Waals surface area contributed by atoms with E-state index in [9.17, 15) is 0 Å². The molecule has 0 saturated heterocycles. The molecule has 1 atom stereocenters. The van der Waals surface area contributed by atoms with Gasteiger partial charge >= 0.3 is 0 Å². The highest BCUT2D eigenvalue weighted by molar-refractivity contribution is 5.68. The Bertz CT molecular complexity index is 675. The van der Waals surface area contributed by atoms with Gasteiger partial charge in [-0.2, -0.15) is 0 Å². The summed E-state index contributed by atoms with van der Waals surface area (Å²) in [6.07, 6.45) is 5.10. The van der Waals surface area contributed by atoms with E-state index in [0.29, 0.717) is 0 Å². The third kappa shape index (κ3) is 2.95. The average molecular weight is 308 g/mol. The summed E-state index contributed by atoms with van der Waals surface area (Å²) in [4.78, 5) is 0. The molecule has 2 aromatic carbocycles. The highest BCUT2D eigenvalue weighted by Crippen LogP contribution is 2.53. The lowest BCUT2D eigenvalue weighted by molar-refractivity contribution is 0.110. The Morgan fingerprint density at radius 3 is 2.30 bits per heavy atom. The Morgan fingerprint density at radius 1 is 0.913 bits per heavy atom. The summed E-state index contributed by atoms with van der Waals surface area (Å²) in [6.45, 7) is 7.22. The number of nitrogen functional groups attached to an aromatic ring is 1. The van der Waals surface area contributed by atoms with Crippen molar-refractivity contribution in [3.63, 3.8) is 0 Å². The van der Waals surface area contributed by atoms with Crippen molar-refractivity contribution in [3.05, 3.63) is 54.1 Å². The van der Waals surface area contributed by atoms with Crippen LogP contribution in [0.3, 0.4) is 0 Å². The maximum absolute atomic E-state index is 6.15. The van der Waals surface area contributed by atoms with E-state index in [1.54, 1.807) is 0 Å². The minimum Gasteiger partial charge on any atom is -0.399 e. The Hall–Kier alpha value is -1.96. The van der Waals surface area contributed by atoms with Crippen molar-refractivity contribution in [3.8, 4) is 0 Å². The van der Waals surface area contributed by atoms with Gasteiger partial charge in [-0.1, -0.05) is 51.8 Å². The van der Waals surface area contributed by atoms with Gasteiger partial charge in [0.2, 0.25) is 0 Å². The van der Waals surface area contributed by atoms with Gasteiger partial charge in [0.1, 0.15) is 0 Å². The second-order valence-corrected chi connectivity index (χ2v) is 7.72. The van der Waals surface area contributed by atoms with Gasteiger partial charge in [-0.3, -0.25) is 0 Å². The quantitative estimate of drug-likeness (QED) is 0.696. The first kappa shape index (κ1) is 15.9. The molecule has 122 valence electrons. The first-order valence-electron chi connectivity index (χ1n) is 8.64. The van der Waals surface area contributed by atoms with Crippen LogP contribution in [0.15, 0.2) is 48.5 Å². The van der Waals surface area contributed by atoms with Gasteiger partial charge in [-0.15, -0.1) is 0 Å². The van der Waals surface area contributed by atoms with Crippen LogP contribution in [-0.4, -0.2) is 0 Å². The lowest BCUT2D eigenvalue weighted by atomic mass is 9.55. The van der Waals surface area contributed by atoms with E-state index in [-0.39, 0.29) is 10.8 Å². The second kappa shape index (κ2) is 5.92. The molecule has 0 aromatic heterocycles. The van der Waals surface area contributed by atoms with Crippen molar-refractivity contribution in [1.82, 2.24) is 0 Å². The van der Waals surface area contributed by atoms with Crippen molar-refractivity contribution in [2.45, 2.75) is 51.9 Å². The summed E-state index contributed by atoms with van der Waals surface area (Å²) >= 11 is 0. The molecule has 23 heavy (non-hydrogen) atoms. The fraction of sp³-hybridized carbons (Fsp3) is 0.429. The number of hydrogen-bond donors (Lipinski definition) is 2. The van der Waals surface area contributed by atoms with Crippen molar-refractivity contribution in [2.75, 3.05) is 11.1 Å². The van der Waals surface area contributed by atoms with Gasteiger partial charge in [0.05, 0.1) is 0 Å². The van der Waals surface area contributed by atoms with Crippen LogP contribution in [0, 0.1) is 5.41 Å². The van der Waals surface area contributed by atoms with E-state index in [1.807, 2.05) is 12.1 Å². The molecule has 0 radical (unpaired) electrons. The van der Waals surface area contributed by atoms with E-state index in [4.69, 9.17) is 5.73 Å². The molecule has 0 spiro atoms. The van der Waals surface area contributed by atoms with E-state index >= 15 is 0 Å². The Kier molecular flexibility index (Phi) is 4.09. The summed E-state index contributed by atoms with van der Waals surface area (Å²) in [5, 5.41) is 3.60. The molecule has 3 rings (SSSR count). The molecule has 0 bridgehead atoms. The molecule has 0 heterocycles. The van der Waals surface area contributed by atoms with Crippen LogP contribution in [0.4, 0.5) is 17.1 Å². The van der Waals surface area contributed by atoms with Crippen molar-refractivity contribution in [1.29, 1.82) is 0 Å². The highest BCUT2D eigenvalue weighted by Gasteiger charge is 2.45. The molecule has 1 aliphatic rings. The number of benzene rings is 2. The molecule has 3 N–H and O–H groups in total. The molecule has 1 fully saturated rings. The SMILES string of the molecule is CC1(C)CCCCC1(C)c1cc(N)ccc1Nc1ccccc1. The predicted molar refractivity (Wildman–Crippen MR) is 100 cm³/mol. The average Bonchev–Trinajstić information content (AvgIpc) is 2.53. The van der Waals surface area contributed by atoms with E-state index in [0.717, 1.165) is 11.4 Å². The smallest absolute Gasteiger partial charge is 0.0424 e. The van der Waals surface area contributed by atoms with Crippen molar-refractivity contribution >= 4 is 17.1 Å². The minimum absolute atomic E-state index is 0.137. The lowest BCUT2D eigenvalue weighted by Gasteiger charge is -2.49. The normalized spacial score (nSPS) is 23.4. The Morgan fingerprint density at radius 2 is 1.61 bits per heavy atom. The molecule has 2 heteroatoms. The zero-order chi connectivity index (χ0) is 16.5. The molecule has 2 aromatic rings. The predicted octanol–water partition coefficient (Wildman–Crippen LogP) is 5.87. The van der Waals surface area contributed by atoms with Crippen LogP contribution >= 0.6 is 0 Å². The van der Waals surface area contributed by atoms with Crippen LogP contribution in [0.5, 0.6) is 0 Å². The van der Waals surface area contributed by atoms with Gasteiger partial charge in [0.25, 0.3) is 0 Å². The van der Waals surface area contributed by atoms with Gasteiger partial charge in [-0.05, 0) is 59.6 Å². The minimum atomic E-state index is 0.137. The van der Waals surface area contributed by atoms with Crippen LogP contribution in [0.25, 0.3) is 0 Å². The lowest BCUT2D eigenvalue weighted by Crippen LogP contribution is -2.42. The van der Waals surface area contributed by atoms with Crippen LogP contribution < -0.4 is 11.1 Å². The van der Waals surface area contributed by atoms with E-state index in [2.05, 4.69) is 62.5 Å². The van der Waals surface area contributed by atoms with Crippen molar-refractivity contribution in [2.24, 2.45) is 5.41 Å². The standard InChI is InChI=1S/C21H28N2/c1-20(2)13-7-8-14-21(20,3)18-15-16(22)11-12-19(18)23-17-9-5-4-6-10-17/h4-6,9-12,15,23H,7-8,13-14,22H2,1-3H3. The number of anilines is 3. The van der Waals surface area contributed by atoms with Crippen LogP contribution in [0.1, 0.15) is 52.0 Å². The zero-order valence-electron chi connectivity index (χ0n) is 14.5. The van der Waals surface area contributed by atoms with Crippen molar-refractivity contribution < 1.29 is 0 Å². The monoisotopic (exact) mass is 308 g/mol. The summed E-state index contributed by atoms with van der Waals surface area (Å²) in [6, 6.07) is 16.7. The van der Waals surface area contributed by atoms with Crippen LogP contribution in [0.2, 0.25) is 0 Å². The maximum Gasteiger partial charge on any atom is 0.0424 e. The zero-order valence-corrected chi connectivity index (χ0v) is 14.5. The molecule has 1 saturated carbocycles. The summed E-state index contributed by atoms with van der Waals surface area (Å²) in [5.74, 6) is 0. The molecular weight excluding hydrogens is 280 g/mol. The number of hydrogen-bond acceptors (Lipinski definition) is 2. The second-order valence-electron chi connectivity index (χ2n) is 7.72. The van der Waals surface area contributed by atoms with E-state index < -0.39 is 0 Å². The van der Waals surface area contributed by atoms with Gasteiger partial charge in [-0.25, -0.2) is 0 Å². The molecule has 2 nitrogen and oxygen atoms in total. The third-order valence-electron chi connectivity index (χ3n) is 5.91. The first-order chi connectivity index (χ1) is 10.9. The maximum atomic E-state index is 6.15. The molecule has 0 amide bonds. The number of nitrogens with one attached hydrogen (secondary N) is 1. The number of rotatable bonds is 3. The Labute approximate surface area is 140 Å². The largest absolute Gasteiger partial charge is 0.399 e. The Balaban J connectivity index is 2.06. The summed E-state index contributed by atoms with van der Waals surface area (Å²) in [7, 11) is 0. The number of para-hydroxylation sites is 1. The number of nitrogens with two attached hydrogens (primary N) is 1. The summed E-state index contributed by atoms with van der Waals surface area (Å²) < 4.78 is 0. The molecular formula is C21H28N2.